The lowest BCUT2D eigenvalue weighted by Gasteiger charge is -2.11. The van der Waals surface area contributed by atoms with Crippen molar-refractivity contribution in [3.63, 3.8) is 0 Å². The van der Waals surface area contributed by atoms with E-state index >= 15 is 0 Å². The zero-order chi connectivity index (χ0) is 5.98. The van der Waals surface area contributed by atoms with Crippen molar-refractivity contribution in [2.75, 3.05) is 0 Å². The van der Waals surface area contributed by atoms with Gasteiger partial charge in [0.1, 0.15) is 0 Å². The molecule has 1 aliphatic carbocycles. The summed E-state index contributed by atoms with van der Waals surface area (Å²) in [5.74, 6) is 1.28. The van der Waals surface area contributed by atoms with Gasteiger partial charge in [-0.1, -0.05) is 38.4 Å². The molecule has 0 aromatic rings. The molecule has 2 radical (unpaired) electrons. The molecular formula is C7H13B. The van der Waals surface area contributed by atoms with Crippen molar-refractivity contribution in [2.24, 2.45) is 5.92 Å². The predicted molar refractivity (Wildman–Crippen MR) is 37.1 cm³/mol. The van der Waals surface area contributed by atoms with E-state index in [-0.39, 0.29) is 0 Å². The van der Waals surface area contributed by atoms with Gasteiger partial charge in [0.05, 0.1) is 7.85 Å². The Labute approximate surface area is 53.1 Å². The lowest BCUT2D eigenvalue weighted by molar-refractivity contribution is 0.530. The van der Waals surface area contributed by atoms with Gasteiger partial charge in [-0.25, -0.2) is 0 Å². The highest BCUT2D eigenvalue weighted by Gasteiger charge is 2.16. The highest BCUT2D eigenvalue weighted by molar-refractivity contribution is 6.11. The summed E-state index contributed by atoms with van der Waals surface area (Å²) in [6.07, 6.45) is 5.56. The molecule has 1 aliphatic rings. The highest BCUT2D eigenvalue weighted by Crippen LogP contribution is 2.32. The maximum absolute atomic E-state index is 5.70. The van der Waals surface area contributed by atoms with Crippen LogP contribution < -0.4 is 0 Å². The molecular weight excluding hydrogens is 94.9 g/mol. The van der Waals surface area contributed by atoms with E-state index in [4.69, 9.17) is 7.85 Å². The minimum absolute atomic E-state index is 0.442. The molecule has 1 rings (SSSR count). The van der Waals surface area contributed by atoms with Gasteiger partial charge in [-0.15, -0.1) is 0 Å². The van der Waals surface area contributed by atoms with Gasteiger partial charge >= 0.3 is 0 Å². The van der Waals surface area contributed by atoms with Crippen LogP contribution in [0.3, 0.4) is 0 Å². The second-order valence-electron chi connectivity index (χ2n) is 2.90. The summed E-state index contributed by atoms with van der Waals surface area (Å²) >= 11 is 0. The van der Waals surface area contributed by atoms with Gasteiger partial charge in [0.2, 0.25) is 0 Å². The Morgan fingerprint density at radius 2 is 1.88 bits per heavy atom. The van der Waals surface area contributed by atoms with E-state index in [9.17, 15) is 0 Å². The van der Waals surface area contributed by atoms with Crippen LogP contribution in [0.15, 0.2) is 0 Å². The molecule has 1 fully saturated rings. The van der Waals surface area contributed by atoms with Crippen LogP contribution in [0.2, 0.25) is 5.82 Å². The van der Waals surface area contributed by atoms with E-state index in [2.05, 4.69) is 6.92 Å². The van der Waals surface area contributed by atoms with Gasteiger partial charge in [0.15, 0.2) is 0 Å². The van der Waals surface area contributed by atoms with Crippen molar-refractivity contribution in [3.05, 3.63) is 0 Å². The lowest BCUT2D eigenvalue weighted by Crippen LogP contribution is -1.99. The normalized spacial score (nSPS) is 26.1. The summed E-state index contributed by atoms with van der Waals surface area (Å²) in [7, 11) is 5.70. The zero-order valence-corrected chi connectivity index (χ0v) is 5.56. The lowest BCUT2D eigenvalue weighted by atomic mass is 9.77. The third-order valence-electron chi connectivity index (χ3n) is 2.14. The van der Waals surface area contributed by atoms with Gasteiger partial charge in [-0.05, 0) is 5.92 Å². The molecule has 0 bridgehead atoms. The minimum Gasteiger partial charge on any atom is -0.0774 e. The summed E-state index contributed by atoms with van der Waals surface area (Å²) < 4.78 is 0. The first-order valence-corrected chi connectivity index (χ1v) is 3.56. The van der Waals surface area contributed by atoms with Gasteiger partial charge in [-0.2, -0.15) is 0 Å². The van der Waals surface area contributed by atoms with E-state index in [1.165, 1.54) is 25.7 Å². The average molecular weight is 108 g/mol. The van der Waals surface area contributed by atoms with Crippen molar-refractivity contribution in [2.45, 2.75) is 38.4 Å². The molecule has 0 aromatic heterocycles. The molecule has 0 aromatic carbocycles. The van der Waals surface area contributed by atoms with Crippen LogP contribution in [0.1, 0.15) is 32.6 Å². The molecule has 0 spiro atoms. The first-order chi connectivity index (χ1) is 3.80. The predicted octanol–water partition coefficient (Wildman–Crippen LogP) is 2.15. The van der Waals surface area contributed by atoms with Crippen LogP contribution in [0.5, 0.6) is 0 Å². The minimum atomic E-state index is 0.442. The second-order valence-corrected chi connectivity index (χ2v) is 2.90. The Balaban J connectivity index is 2.24. The van der Waals surface area contributed by atoms with Crippen molar-refractivity contribution in [1.82, 2.24) is 0 Å². The van der Waals surface area contributed by atoms with E-state index in [1.807, 2.05) is 0 Å². The van der Waals surface area contributed by atoms with Gasteiger partial charge in [0, 0.05) is 0 Å². The van der Waals surface area contributed by atoms with E-state index < -0.39 is 0 Å². The molecule has 44 valence electrons. The molecule has 1 atom stereocenters. The molecule has 0 nitrogen and oxygen atoms in total. The molecule has 0 saturated heterocycles. The molecule has 0 amide bonds. The molecule has 8 heavy (non-hydrogen) atoms. The quantitative estimate of drug-likeness (QED) is 0.451. The number of rotatable bonds is 1. The fraction of sp³-hybridized carbons (Fsp3) is 1.00. The largest absolute Gasteiger partial charge is 0.0774 e. The topological polar surface area (TPSA) is 0 Å². The van der Waals surface area contributed by atoms with Crippen LogP contribution in [0.4, 0.5) is 0 Å². The van der Waals surface area contributed by atoms with Crippen LogP contribution >= 0.6 is 0 Å². The first kappa shape index (κ1) is 6.19. The Hall–Kier alpha value is 0.0649. The molecule has 1 saturated carbocycles. The van der Waals surface area contributed by atoms with E-state index in [0.29, 0.717) is 5.82 Å². The average Bonchev–Trinajstić information content (AvgIpc) is 2.12. The Kier molecular flexibility index (Phi) is 1.98. The van der Waals surface area contributed by atoms with Crippen LogP contribution in [-0.2, 0) is 0 Å². The van der Waals surface area contributed by atoms with Gasteiger partial charge in [0.25, 0.3) is 0 Å². The third-order valence-corrected chi connectivity index (χ3v) is 2.14. The standard InChI is InChI=1S/C7H13B/c1-6(8)7-4-2-3-5-7/h6-7H,2-5H2,1H3. The highest BCUT2D eigenvalue weighted by atomic mass is 14.2. The summed E-state index contributed by atoms with van der Waals surface area (Å²) in [6.45, 7) is 2.12. The van der Waals surface area contributed by atoms with Gasteiger partial charge in [-0.3, -0.25) is 0 Å². The summed E-state index contributed by atoms with van der Waals surface area (Å²) in [6, 6.07) is 0. The van der Waals surface area contributed by atoms with Crippen LogP contribution in [0.25, 0.3) is 0 Å². The van der Waals surface area contributed by atoms with Crippen molar-refractivity contribution < 1.29 is 0 Å². The third kappa shape index (κ3) is 1.27. The number of hydrogen-bond donors (Lipinski definition) is 0. The van der Waals surface area contributed by atoms with Crippen molar-refractivity contribution in [3.8, 4) is 0 Å². The monoisotopic (exact) mass is 108 g/mol. The Bertz CT molecular complexity index is 62.8. The molecule has 1 heteroatoms. The number of hydrogen-bond acceptors (Lipinski definition) is 0. The van der Waals surface area contributed by atoms with Crippen molar-refractivity contribution in [1.29, 1.82) is 0 Å². The zero-order valence-electron chi connectivity index (χ0n) is 5.56. The molecule has 1 unspecified atom stereocenters. The second kappa shape index (κ2) is 2.57. The molecule has 0 aliphatic heterocycles. The van der Waals surface area contributed by atoms with Crippen LogP contribution in [0, 0.1) is 5.92 Å². The maximum atomic E-state index is 5.70. The Morgan fingerprint density at radius 1 is 1.38 bits per heavy atom. The molecule has 0 heterocycles. The summed E-state index contributed by atoms with van der Waals surface area (Å²) in [4.78, 5) is 0. The van der Waals surface area contributed by atoms with Crippen molar-refractivity contribution >= 4 is 7.85 Å². The van der Waals surface area contributed by atoms with Gasteiger partial charge < -0.3 is 0 Å². The van der Waals surface area contributed by atoms with E-state index in [1.54, 1.807) is 0 Å². The summed E-state index contributed by atoms with van der Waals surface area (Å²) in [5.41, 5.74) is 0. The summed E-state index contributed by atoms with van der Waals surface area (Å²) in [5, 5.41) is 0. The fourth-order valence-electron chi connectivity index (χ4n) is 1.48. The Morgan fingerprint density at radius 3 is 2.12 bits per heavy atom. The smallest absolute Gasteiger partial charge is 0.0699 e. The van der Waals surface area contributed by atoms with Crippen LogP contribution in [-0.4, -0.2) is 7.85 Å². The first-order valence-electron chi connectivity index (χ1n) is 3.56. The molecule has 0 N–H and O–H groups in total. The maximum Gasteiger partial charge on any atom is 0.0699 e. The SMILES string of the molecule is [B]C(C)C1CCCC1. The fourth-order valence-corrected chi connectivity index (χ4v) is 1.48. The van der Waals surface area contributed by atoms with E-state index in [0.717, 1.165) is 5.92 Å².